The van der Waals surface area contributed by atoms with Crippen LogP contribution in [0.5, 0.6) is 0 Å². The largest absolute Gasteiger partial charge is 0.463 e. The minimum absolute atomic E-state index is 0.0815. The van der Waals surface area contributed by atoms with Gasteiger partial charge in [-0.2, -0.15) is 18.2 Å². The van der Waals surface area contributed by atoms with Crippen molar-refractivity contribution in [1.29, 1.82) is 0 Å². The average molecular weight is 424 g/mol. The molecule has 0 saturated carbocycles. The molecule has 1 unspecified atom stereocenters. The number of rotatable bonds is 4. The Hall–Kier alpha value is -2.91. The van der Waals surface area contributed by atoms with Crippen molar-refractivity contribution >= 4 is 22.5 Å². The maximum Gasteiger partial charge on any atom is 0.425 e. The summed E-state index contributed by atoms with van der Waals surface area (Å²) >= 11 is 5.96. The molecule has 0 bridgehead atoms. The molecule has 3 heterocycles. The van der Waals surface area contributed by atoms with Crippen LogP contribution in [-0.4, -0.2) is 26.4 Å². The van der Waals surface area contributed by atoms with Crippen molar-refractivity contribution in [3.63, 3.8) is 0 Å². The number of alkyl halides is 3. The number of furan rings is 1. The summed E-state index contributed by atoms with van der Waals surface area (Å²) in [5.74, 6) is -0.841. The lowest BCUT2D eigenvalue weighted by Gasteiger charge is -2.27. The molecule has 4 aromatic rings. The fourth-order valence-electron chi connectivity index (χ4n) is 2.85. The van der Waals surface area contributed by atoms with E-state index in [0.29, 0.717) is 10.5 Å². The Bertz CT molecular complexity index is 1190. The highest BCUT2D eigenvalue weighted by Crippen LogP contribution is 2.42. The van der Waals surface area contributed by atoms with Crippen LogP contribution in [0.25, 0.3) is 22.5 Å². The predicted molar refractivity (Wildman–Crippen MR) is 97.1 cm³/mol. The van der Waals surface area contributed by atoms with Crippen molar-refractivity contribution in [3.05, 3.63) is 64.8 Å². The second-order valence-corrected chi connectivity index (χ2v) is 6.93. The Morgan fingerprint density at radius 1 is 1.07 bits per heavy atom. The summed E-state index contributed by atoms with van der Waals surface area (Å²) in [6, 6.07) is 10.9. The third-order valence-electron chi connectivity index (χ3n) is 4.37. The molecule has 0 fully saturated rings. The second-order valence-electron chi connectivity index (χ2n) is 6.49. The molecule has 10 heteroatoms. The molecule has 0 aliphatic heterocycles. The van der Waals surface area contributed by atoms with Crippen LogP contribution in [0.4, 0.5) is 13.2 Å². The third kappa shape index (κ3) is 3.58. The molecule has 3 aromatic heterocycles. The van der Waals surface area contributed by atoms with Crippen molar-refractivity contribution in [1.82, 2.24) is 15.1 Å². The number of hydrogen-bond acceptors (Lipinski definition) is 6. The predicted octanol–water partition coefficient (Wildman–Crippen LogP) is 4.83. The maximum atomic E-state index is 13.6. The van der Waals surface area contributed by atoms with Gasteiger partial charge in [-0.25, -0.2) is 4.98 Å². The topological polar surface area (TPSA) is 85.2 Å². The number of aromatic nitrogens is 3. The molecule has 29 heavy (non-hydrogen) atoms. The SMILES string of the molecule is Cc1ccc(C(O)(Cc2noc(-c3ccc4ccc(Cl)cc4n3)n2)C(F)(F)F)o1. The summed E-state index contributed by atoms with van der Waals surface area (Å²) in [6.07, 6.45) is -6.00. The summed E-state index contributed by atoms with van der Waals surface area (Å²) in [5, 5.41) is 15.2. The lowest BCUT2D eigenvalue weighted by molar-refractivity contribution is -0.273. The lowest BCUT2D eigenvalue weighted by Crippen LogP contribution is -2.44. The molecule has 0 saturated heterocycles. The highest BCUT2D eigenvalue weighted by molar-refractivity contribution is 6.31. The number of fused-ring (bicyclic) bond motifs is 1. The van der Waals surface area contributed by atoms with Crippen molar-refractivity contribution < 1.29 is 27.2 Å². The van der Waals surface area contributed by atoms with Gasteiger partial charge in [-0.1, -0.05) is 28.9 Å². The van der Waals surface area contributed by atoms with Crippen LogP contribution >= 0.6 is 11.6 Å². The van der Waals surface area contributed by atoms with E-state index in [1.54, 1.807) is 30.3 Å². The average Bonchev–Trinajstić information content (AvgIpc) is 3.29. The summed E-state index contributed by atoms with van der Waals surface area (Å²) < 4.78 is 50.9. The van der Waals surface area contributed by atoms with Crippen LogP contribution in [0.1, 0.15) is 17.3 Å². The van der Waals surface area contributed by atoms with Crippen LogP contribution in [0.15, 0.2) is 51.4 Å². The fourth-order valence-corrected chi connectivity index (χ4v) is 3.02. The first-order valence-corrected chi connectivity index (χ1v) is 8.79. The highest BCUT2D eigenvalue weighted by Gasteiger charge is 2.58. The Morgan fingerprint density at radius 3 is 2.52 bits per heavy atom. The molecule has 4 rings (SSSR count). The Labute approximate surface area is 166 Å². The zero-order chi connectivity index (χ0) is 20.8. The summed E-state index contributed by atoms with van der Waals surface area (Å²) in [7, 11) is 0. The van der Waals surface area contributed by atoms with E-state index in [2.05, 4.69) is 15.1 Å². The zero-order valence-corrected chi connectivity index (χ0v) is 15.6. The van der Waals surface area contributed by atoms with Crippen LogP contribution in [0.3, 0.4) is 0 Å². The molecule has 6 nitrogen and oxygen atoms in total. The third-order valence-corrected chi connectivity index (χ3v) is 4.61. The molecule has 1 N–H and O–H groups in total. The second kappa shape index (κ2) is 6.85. The van der Waals surface area contributed by atoms with Crippen LogP contribution in [-0.2, 0) is 12.0 Å². The first kappa shape index (κ1) is 19.4. The highest BCUT2D eigenvalue weighted by atomic mass is 35.5. The molecule has 0 spiro atoms. The minimum Gasteiger partial charge on any atom is -0.463 e. The molecular formula is C19H13ClF3N3O3. The fraction of sp³-hybridized carbons (Fsp3) is 0.211. The number of halogens is 4. The summed E-state index contributed by atoms with van der Waals surface area (Å²) in [5.41, 5.74) is -2.47. The van der Waals surface area contributed by atoms with Crippen LogP contribution in [0.2, 0.25) is 5.02 Å². The van der Waals surface area contributed by atoms with Gasteiger partial charge in [0.1, 0.15) is 17.2 Å². The molecule has 0 aliphatic carbocycles. The summed E-state index contributed by atoms with van der Waals surface area (Å²) in [6.45, 7) is 1.48. The van der Waals surface area contributed by atoms with E-state index in [4.69, 9.17) is 20.5 Å². The van der Waals surface area contributed by atoms with Crippen LogP contribution in [0, 0.1) is 6.92 Å². The number of aryl methyl sites for hydroxylation is 1. The van der Waals surface area contributed by atoms with Gasteiger partial charge in [-0.3, -0.25) is 0 Å². The lowest BCUT2D eigenvalue weighted by atomic mass is 9.95. The number of benzene rings is 1. The first-order chi connectivity index (χ1) is 13.7. The monoisotopic (exact) mass is 423 g/mol. The first-order valence-electron chi connectivity index (χ1n) is 8.41. The van der Waals surface area contributed by atoms with Gasteiger partial charge in [-0.15, -0.1) is 0 Å². The maximum absolute atomic E-state index is 13.6. The standard InChI is InChI=1S/C19H13ClF3N3O3/c1-10-2-7-15(28-10)18(27,19(21,22)23)9-16-25-17(29-26-16)13-6-4-11-3-5-12(20)8-14(11)24-13/h2-8,27H,9H2,1H3. The smallest absolute Gasteiger partial charge is 0.425 e. The minimum atomic E-state index is -5.02. The number of aliphatic hydroxyl groups is 1. The van der Waals surface area contributed by atoms with Gasteiger partial charge in [-0.05, 0) is 37.3 Å². The number of pyridine rings is 1. The Morgan fingerprint density at radius 2 is 1.83 bits per heavy atom. The Balaban J connectivity index is 1.68. The molecule has 0 radical (unpaired) electrons. The van der Waals surface area contributed by atoms with Crippen molar-refractivity contribution in [2.24, 2.45) is 0 Å². The van der Waals surface area contributed by atoms with E-state index in [1.807, 2.05) is 0 Å². The molecule has 1 aromatic carbocycles. The zero-order valence-electron chi connectivity index (χ0n) is 14.9. The number of nitrogens with zero attached hydrogens (tertiary/aromatic N) is 3. The molecule has 1 atom stereocenters. The molecule has 0 amide bonds. The van der Waals surface area contributed by atoms with Gasteiger partial charge >= 0.3 is 6.18 Å². The van der Waals surface area contributed by atoms with E-state index in [0.717, 1.165) is 11.5 Å². The van der Waals surface area contributed by atoms with Crippen LogP contribution < -0.4 is 0 Å². The molecular weight excluding hydrogens is 411 g/mol. The van der Waals surface area contributed by atoms with Gasteiger partial charge in [0, 0.05) is 10.4 Å². The van der Waals surface area contributed by atoms with E-state index in [1.165, 1.54) is 13.0 Å². The van der Waals surface area contributed by atoms with Crippen molar-refractivity contribution in [2.45, 2.75) is 25.1 Å². The van der Waals surface area contributed by atoms with E-state index in [9.17, 15) is 18.3 Å². The van der Waals surface area contributed by atoms with Gasteiger partial charge < -0.3 is 14.0 Å². The molecule has 0 aliphatic rings. The van der Waals surface area contributed by atoms with E-state index < -0.39 is 24.0 Å². The quantitative estimate of drug-likeness (QED) is 0.506. The van der Waals surface area contributed by atoms with E-state index >= 15 is 0 Å². The van der Waals surface area contributed by atoms with E-state index in [-0.39, 0.29) is 23.2 Å². The van der Waals surface area contributed by atoms with Gasteiger partial charge in [0.15, 0.2) is 5.82 Å². The molecule has 150 valence electrons. The van der Waals surface area contributed by atoms with Gasteiger partial charge in [0.25, 0.3) is 5.89 Å². The summed E-state index contributed by atoms with van der Waals surface area (Å²) in [4.78, 5) is 8.31. The normalized spacial score (nSPS) is 14.3. The van der Waals surface area contributed by atoms with Gasteiger partial charge in [0.2, 0.25) is 5.60 Å². The van der Waals surface area contributed by atoms with Crippen molar-refractivity contribution in [2.75, 3.05) is 0 Å². The van der Waals surface area contributed by atoms with Gasteiger partial charge in [0.05, 0.1) is 11.9 Å². The Kier molecular flexibility index (Phi) is 4.59. The van der Waals surface area contributed by atoms with Crippen molar-refractivity contribution in [3.8, 4) is 11.6 Å². The number of hydrogen-bond donors (Lipinski definition) is 1.